The molecule has 0 radical (unpaired) electrons. The third kappa shape index (κ3) is 1.66. The van der Waals surface area contributed by atoms with Crippen LogP contribution in [0.4, 0.5) is 4.39 Å². The minimum absolute atomic E-state index is 0.145. The van der Waals surface area contributed by atoms with Crippen molar-refractivity contribution >= 4 is 5.78 Å². The molecule has 84 valence electrons. The number of carbonyl (C=O) groups is 1. The number of hydrogen-bond donors (Lipinski definition) is 0. The molecule has 0 saturated carbocycles. The van der Waals surface area contributed by atoms with Crippen LogP contribution in [-0.4, -0.2) is 5.78 Å². The quantitative estimate of drug-likeness (QED) is 0.728. The summed E-state index contributed by atoms with van der Waals surface area (Å²) in [7, 11) is 0. The van der Waals surface area contributed by atoms with E-state index in [1.165, 1.54) is 12.1 Å². The van der Waals surface area contributed by atoms with E-state index in [0.29, 0.717) is 0 Å². The second-order valence-electron chi connectivity index (χ2n) is 4.33. The van der Waals surface area contributed by atoms with Crippen LogP contribution in [0.3, 0.4) is 0 Å². The predicted molar refractivity (Wildman–Crippen MR) is 63.6 cm³/mol. The Labute approximate surface area is 98.9 Å². The lowest BCUT2D eigenvalue weighted by atomic mass is 9.95. The smallest absolute Gasteiger partial charge is 0.170 e. The zero-order chi connectivity index (χ0) is 11.8. The molecule has 0 spiro atoms. The molecule has 3 rings (SSSR count). The molecule has 1 nitrogen and oxygen atoms in total. The molecule has 1 aliphatic rings. The number of carbonyl (C=O) groups excluding carboxylic acids is 1. The van der Waals surface area contributed by atoms with Crippen LogP contribution >= 0.6 is 0 Å². The monoisotopic (exact) mass is 226 g/mol. The van der Waals surface area contributed by atoms with E-state index >= 15 is 0 Å². The van der Waals surface area contributed by atoms with Crippen molar-refractivity contribution in [3.8, 4) is 0 Å². The number of ketones is 1. The van der Waals surface area contributed by atoms with Gasteiger partial charge in [-0.1, -0.05) is 36.4 Å². The van der Waals surface area contributed by atoms with E-state index in [4.69, 9.17) is 0 Å². The van der Waals surface area contributed by atoms with Gasteiger partial charge >= 0.3 is 0 Å². The number of fused-ring (bicyclic) bond motifs is 1. The third-order valence-electron chi connectivity index (χ3n) is 3.30. The maximum Gasteiger partial charge on any atom is 0.170 e. The highest BCUT2D eigenvalue weighted by molar-refractivity contribution is 6.05. The van der Waals surface area contributed by atoms with Crippen LogP contribution in [-0.2, 0) is 6.42 Å². The van der Waals surface area contributed by atoms with Gasteiger partial charge in [0.2, 0.25) is 0 Å². The summed E-state index contributed by atoms with van der Waals surface area (Å²) >= 11 is 0. The van der Waals surface area contributed by atoms with E-state index in [1.54, 1.807) is 12.1 Å². The average Bonchev–Trinajstić information content (AvgIpc) is 2.69. The molecule has 0 saturated heterocycles. The van der Waals surface area contributed by atoms with Gasteiger partial charge in [0.25, 0.3) is 0 Å². The first-order chi connectivity index (χ1) is 8.25. The highest BCUT2D eigenvalue weighted by Crippen LogP contribution is 2.33. The summed E-state index contributed by atoms with van der Waals surface area (Å²) in [6.07, 6.45) is 0.723. The van der Waals surface area contributed by atoms with Crippen LogP contribution in [0.15, 0.2) is 48.5 Å². The molecule has 0 aliphatic heterocycles. The zero-order valence-corrected chi connectivity index (χ0v) is 9.19. The van der Waals surface area contributed by atoms with Gasteiger partial charge < -0.3 is 0 Å². The molecule has 17 heavy (non-hydrogen) atoms. The van der Waals surface area contributed by atoms with Gasteiger partial charge in [-0.2, -0.15) is 0 Å². The largest absolute Gasteiger partial charge is 0.293 e. The lowest BCUT2D eigenvalue weighted by Gasteiger charge is -2.07. The Balaban J connectivity index is 1.99. The van der Waals surface area contributed by atoms with Crippen LogP contribution in [0, 0.1) is 5.82 Å². The summed E-state index contributed by atoms with van der Waals surface area (Å²) in [4.78, 5) is 12.2. The van der Waals surface area contributed by atoms with Crippen molar-refractivity contribution in [3.63, 3.8) is 0 Å². The van der Waals surface area contributed by atoms with Crippen molar-refractivity contribution in [2.45, 2.75) is 12.3 Å². The first-order valence-corrected chi connectivity index (χ1v) is 5.63. The maximum absolute atomic E-state index is 12.8. The Bertz CT molecular complexity index is 572. The van der Waals surface area contributed by atoms with Crippen molar-refractivity contribution in [1.82, 2.24) is 0 Å². The van der Waals surface area contributed by atoms with Crippen LogP contribution in [0.25, 0.3) is 0 Å². The molecule has 0 N–H and O–H groups in total. The van der Waals surface area contributed by atoms with E-state index in [1.807, 2.05) is 24.3 Å². The van der Waals surface area contributed by atoms with Gasteiger partial charge in [-0.3, -0.25) is 4.79 Å². The van der Waals surface area contributed by atoms with Gasteiger partial charge in [0.15, 0.2) is 5.78 Å². The van der Waals surface area contributed by atoms with Crippen LogP contribution in [0.2, 0.25) is 0 Å². The molecule has 1 atom stereocenters. The lowest BCUT2D eigenvalue weighted by Crippen LogP contribution is -2.06. The Morgan fingerprint density at radius 1 is 1.00 bits per heavy atom. The molecule has 2 heteroatoms. The minimum atomic E-state index is -0.267. The highest BCUT2D eigenvalue weighted by Gasteiger charge is 2.30. The van der Waals surface area contributed by atoms with E-state index in [0.717, 1.165) is 23.1 Å². The van der Waals surface area contributed by atoms with Crippen LogP contribution < -0.4 is 0 Å². The fourth-order valence-corrected chi connectivity index (χ4v) is 2.40. The SMILES string of the molecule is O=C1c2ccccc2CC1c1ccc(F)cc1. The van der Waals surface area contributed by atoms with Crippen molar-refractivity contribution in [3.05, 3.63) is 71.0 Å². The summed E-state index contributed by atoms with van der Waals surface area (Å²) in [6, 6.07) is 13.9. The molecular weight excluding hydrogens is 215 g/mol. The first-order valence-electron chi connectivity index (χ1n) is 5.63. The van der Waals surface area contributed by atoms with E-state index in [9.17, 15) is 9.18 Å². The van der Waals surface area contributed by atoms with Gasteiger partial charge in [0.1, 0.15) is 5.82 Å². The van der Waals surface area contributed by atoms with Gasteiger partial charge in [-0.25, -0.2) is 4.39 Å². The second-order valence-corrected chi connectivity index (χ2v) is 4.33. The van der Waals surface area contributed by atoms with E-state index in [2.05, 4.69) is 0 Å². The highest BCUT2D eigenvalue weighted by atomic mass is 19.1. The predicted octanol–water partition coefficient (Wildman–Crippen LogP) is 3.35. The van der Waals surface area contributed by atoms with Crippen LogP contribution in [0.1, 0.15) is 27.4 Å². The Kier molecular flexibility index (Phi) is 2.29. The minimum Gasteiger partial charge on any atom is -0.293 e. The Hall–Kier alpha value is -1.96. The standard InChI is InChI=1S/C15H11FO/c16-12-7-5-10(6-8-12)14-9-11-3-1-2-4-13(11)15(14)17/h1-8,14H,9H2. The number of rotatable bonds is 1. The van der Waals surface area contributed by atoms with Crippen molar-refractivity contribution in [2.75, 3.05) is 0 Å². The van der Waals surface area contributed by atoms with E-state index < -0.39 is 0 Å². The molecule has 0 amide bonds. The second kappa shape index (κ2) is 3.81. The Morgan fingerprint density at radius 2 is 1.71 bits per heavy atom. The van der Waals surface area contributed by atoms with Crippen LogP contribution in [0.5, 0.6) is 0 Å². The molecule has 2 aromatic carbocycles. The third-order valence-corrected chi connectivity index (χ3v) is 3.30. The molecule has 0 bridgehead atoms. The summed E-state index contributed by atoms with van der Waals surface area (Å²) in [6.45, 7) is 0. The molecule has 2 aromatic rings. The normalized spacial score (nSPS) is 18.2. The first kappa shape index (κ1) is 10.2. The van der Waals surface area contributed by atoms with Gasteiger partial charge in [-0.15, -0.1) is 0 Å². The van der Waals surface area contributed by atoms with Crippen molar-refractivity contribution in [2.24, 2.45) is 0 Å². The van der Waals surface area contributed by atoms with Gasteiger partial charge in [-0.05, 0) is 29.7 Å². The number of halogens is 1. The molecule has 1 unspecified atom stereocenters. The van der Waals surface area contributed by atoms with Gasteiger partial charge in [0.05, 0.1) is 5.92 Å². The molecule has 0 aromatic heterocycles. The van der Waals surface area contributed by atoms with Gasteiger partial charge in [0, 0.05) is 5.56 Å². The van der Waals surface area contributed by atoms with Crippen molar-refractivity contribution in [1.29, 1.82) is 0 Å². The van der Waals surface area contributed by atoms with Crippen molar-refractivity contribution < 1.29 is 9.18 Å². The fourth-order valence-electron chi connectivity index (χ4n) is 2.40. The number of hydrogen-bond acceptors (Lipinski definition) is 1. The number of benzene rings is 2. The fraction of sp³-hybridized carbons (Fsp3) is 0.133. The molecule has 1 aliphatic carbocycles. The molecular formula is C15H11FO. The average molecular weight is 226 g/mol. The zero-order valence-electron chi connectivity index (χ0n) is 9.19. The molecule has 0 heterocycles. The lowest BCUT2D eigenvalue weighted by molar-refractivity contribution is 0.0973. The topological polar surface area (TPSA) is 17.1 Å². The Morgan fingerprint density at radius 3 is 2.41 bits per heavy atom. The molecule has 0 fully saturated rings. The summed E-state index contributed by atoms with van der Waals surface area (Å²) in [5, 5.41) is 0. The number of Topliss-reactive ketones (excluding diaryl/α,β-unsaturated/α-hetero) is 1. The van der Waals surface area contributed by atoms with E-state index in [-0.39, 0.29) is 17.5 Å². The maximum atomic E-state index is 12.8. The summed E-state index contributed by atoms with van der Waals surface area (Å²) in [5.74, 6) is -0.267. The summed E-state index contributed by atoms with van der Waals surface area (Å²) < 4.78 is 12.8. The summed E-state index contributed by atoms with van der Waals surface area (Å²) in [5.41, 5.74) is 2.79.